The monoisotopic (exact) mass is 512 g/mol. The van der Waals surface area contributed by atoms with Gasteiger partial charge in [0.15, 0.2) is 11.5 Å². The third kappa shape index (κ3) is 4.46. The molecule has 194 valence electrons. The van der Waals surface area contributed by atoms with Crippen molar-refractivity contribution in [1.29, 1.82) is 0 Å². The lowest BCUT2D eigenvalue weighted by atomic mass is 10.0. The molecule has 0 unspecified atom stereocenters. The number of unbranched alkanes of at least 4 members (excludes halogenated alkanes) is 1. The largest absolute Gasteiger partial charge is 0.370 e. The molecule has 0 atom stereocenters. The number of rotatable bonds is 7. The molecule has 0 saturated carbocycles. The van der Waals surface area contributed by atoms with E-state index in [1.54, 1.807) is 36.8 Å². The molecule has 3 N–H and O–H groups in total. The second kappa shape index (κ2) is 10.2. The van der Waals surface area contributed by atoms with Gasteiger partial charge in [0.25, 0.3) is 0 Å². The summed E-state index contributed by atoms with van der Waals surface area (Å²) in [6, 6.07) is 7.21. The quantitative estimate of drug-likeness (QED) is 0.253. The van der Waals surface area contributed by atoms with Crippen molar-refractivity contribution in [1.82, 2.24) is 30.1 Å². The number of imidazole rings is 1. The van der Waals surface area contributed by atoms with E-state index in [0.717, 1.165) is 50.0 Å². The summed E-state index contributed by atoms with van der Waals surface area (Å²) < 4.78 is 16.1. The van der Waals surface area contributed by atoms with Crippen molar-refractivity contribution >= 4 is 39.3 Å². The summed E-state index contributed by atoms with van der Waals surface area (Å²) >= 11 is 0. The van der Waals surface area contributed by atoms with Gasteiger partial charge in [0.2, 0.25) is 5.91 Å². The standard InChI is InChI=1S/C28H29FN8O/c1-2-3-7-22(38)32-18-14-17(15-30-16-18)19-8-9-20-23(24(19)29)26(36-35-20)28-33-25-21(10-11-31-27(25)34-28)37-12-5-4-6-13-37/h8-11,14-16H,2-7,12-13H2,1H3,(H,32,38)(H,35,36)(H,31,33,34). The lowest BCUT2D eigenvalue weighted by molar-refractivity contribution is -0.116. The number of benzene rings is 1. The molecule has 1 saturated heterocycles. The lowest BCUT2D eigenvalue weighted by Crippen LogP contribution is -2.29. The summed E-state index contributed by atoms with van der Waals surface area (Å²) in [4.78, 5) is 31.2. The molecule has 5 heterocycles. The van der Waals surface area contributed by atoms with E-state index in [0.29, 0.717) is 51.3 Å². The first kappa shape index (κ1) is 24.0. The number of H-pyrrole nitrogens is 2. The van der Waals surface area contributed by atoms with Crippen LogP contribution in [0.2, 0.25) is 0 Å². The number of halogens is 1. The average molecular weight is 513 g/mol. The molecule has 1 fully saturated rings. The zero-order valence-electron chi connectivity index (χ0n) is 21.2. The molecule has 10 heteroatoms. The first-order chi connectivity index (χ1) is 18.6. The Morgan fingerprint density at radius 2 is 2.03 bits per heavy atom. The van der Waals surface area contributed by atoms with Crippen LogP contribution in [0.5, 0.6) is 0 Å². The van der Waals surface area contributed by atoms with Gasteiger partial charge in [-0.2, -0.15) is 5.10 Å². The number of aromatic nitrogens is 6. The van der Waals surface area contributed by atoms with Gasteiger partial charge in [0.05, 0.1) is 28.5 Å². The van der Waals surface area contributed by atoms with Crippen LogP contribution in [0.15, 0.2) is 42.9 Å². The van der Waals surface area contributed by atoms with E-state index in [9.17, 15) is 4.79 Å². The fraction of sp³-hybridized carbons (Fsp3) is 0.321. The molecule has 1 aliphatic rings. The van der Waals surface area contributed by atoms with Crippen LogP contribution in [0.1, 0.15) is 45.4 Å². The Kier molecular flexibility index (Phi) is 6.45. The zero-order chi connectivity index (χ0) is 26.1. The maximum Gasteiger partial charge on any atom is 0.224 e. The summed E-state index contributed by atoms with van der Waals surface area (Å²) in [6.07, 6.45) is 10.6. The van der Waals surface area contributed by atoms with Crippen LogP contribution in [0.4, 0.5) is 15.8 Å². The number of carbonyl (C=O) groups excluding carboxylic acids is 1. The number of pyridine rings is 2. The van der Waals surface area contributed by atoms with Crippen LogP contribution in [-0.2, 0) is 4.79 Å². The van der Waals surface area contributed by atoms with E-state index in [1.807, 2.05) is 13.0 Å². The van der Waals surface area contributed by atoms with Gasteiger partial charge in [-0.3, -0.25) is 14.9 Å². The SMILES string of the molecule is CCCCC(=O)Nc1cncc(-c2ccc3[nH]nc(-c4nc5nccc(N6CCCCC6)c5[nH]4)c3c2F)c1. The van der Waals surface area contributed by atoms with Crippen molar-refractivity contribution in [2.75, 3.05) is 23.3 Å². The van der Waals surface area contributed by atoms with E-state index < -0.39 is 5.82 Å². The normalized spacial score (nSPS) is 13.9. The number of nitrogens with zero attached hydrogens (tertiary/aromatic N) is 5. The van der Waals surface area contributed by atoms with Gasteiger partial charge >= 0.3 is 0 Å². The van der Waals surface area contributed by atoms with Gasteiger partial charge in [-0.05, 0) is 49.9 Å². The number of aromatic amines is 2. The molecule has 1 amide bonds. The van der Waals surface area contributed by atoms with E-state index in [4.69, 9.17) is 0 Å². The van der Waals surface area contributed by atoms with Crippen molar-refractivity contribution in [2.45, 2.75) is 45.4 Å². The average Bonchev–Trinajstić information content (AvgIpc) is 3.57. The number of fused-ring (bicyclic) bond motifs is 2. The highest BCUT2D eigenvalue weighted by Crippen LogP contribution is 2.35. The number of piperidine rings is 1. The molecule has 1 aliphatic heterocycles. The Labute approximate surface area is 218 Å². The van der Waals surface area contributed by atoms with Crippen LogP contribution in [0.3, 0.4) is 0 Å². The second-order valence-electron chi connectivity index (χ2n) is 9.70. The first-order valence-corrected chi connectivity index (χ1v) is 13.1. The summed E-state index contributed by atoms with van der Waals surface area (Å²) in [6.45, 7) is 4.01. The van der Waals surface area contributed by atoms with Crippen molar-refractivity contribution in [3.8, 4) is 22.6 Å². The molecular weight excluding hydrogens is 483 g/mol. The molecule has 6 rings (SSSR count). The van der Waals surface area contributed by atoms with Crippen molar-refractivity contribution in [3.05, 3.63) is 48.7 Å². The topological polar surface area (TPSA) is 115 Å². The van der Waals surface area contributed by atoms with Crippen LogP contribution in [0, 0.1) is 5.82 Å². The summed E-state index contributed by atoms with van der Waals surface area (Å²) in [7, 11) is 0. The number of hydrogen-bond acceptors (Lipinski definition) is 6. The van der Waals surface area contributed by atoms with Gasteiger partial charge in [-0.25, -0.2) is 14.4 Å². The minimum Gasteiger partial charge on any atom is -0.370 e. The summed E-state index contributed by atoms with van der Waals surface area (Å²) in [5, 5.41) is 10.5. The van der Waals surface area contributed by atoms with Crippen LogP contribution >= 0.6 is 0 Å². The van der Waals surface area contributed by atoms with E-state index in [-0.39, 0.29) is 5.91 Å². The lowest BCUT2D eigenvalue weighted by Gasteiger charge is -2.28. The van der Waals surface area contributed by atoms with Crippen molar-refractivity contribution in [3.63, 3.8) is 0 Å². The molecule has 0 spiro atoms. The van der Waals surface area contributed by atoms with Gasteiger partial charge in [0, 0.05) is 43.0 Å². The molecule has 1 aromatic carbocycles. The third-order valence-corrected chi connectivity index (χ3v) is 7.05. The number of anilines is 2. The number of carbonyl (C=O) groups is 1. The number of hydrogen-bond donors (Lipinski definition) is 3. The van der Waals surface area contributed by atoms with Gasteiger partial charge < -0.3 is 15.2 Å². The summed E-state index contributed by atoms with van der Waals surface area (Å²) in [5.74, 6) is -0.0669. The molecule has 9 nitrogen and oxygen atoms in total. The van der Waals surface area contributed by atoms with Gasteiger partial charge in [-0.15, -0.1) is 0 Å². The third-order valence-electron chi connectivity index (χ3n) is 7.05. The number of amides is 1. The molecule has 38 heavy (non-hydrogen) atoms. The Morgan fingerprint density at radius 1 is 1.16 bits per heavy atom. The highest BCUT2D eigenvalue weighted by molar-refractivity contribution is 5.98. The highest BCUT2D eigenvalue weighted by atomic mass is 19.1. The maximum absolute atomic E-state index is 16.1. The molecule has 5 aromatic rings. The molecule has 0 radical (unpaired) electrons. The molecular formula is C28H29FN8O. The Morgan fingerprint density at radius 3 is 2.87 bits per heavy atom. The maximum atomic E-state index is 16.1. The first-order valence-electron chi connectivity index (χ1n) is 13.1. The predicted octanol–water partition coefficient (Wildman–Crippen LogP) is 5.82. The van der Waals surface area contributed by atoms with Crippen LogP contribution in [0.25, 0.3) is 44.7 Å². The van der Waals surface area contributed by atoms with Gasteiger partial charge in [0.1, 0.15) is 17.0 Å². The molecule has 0 bridgehead atoms. The van der Waals surface area contributed by atoms with E-state index in [2.05, 4.69) is 40.3 Å². The second-order valence-corrected chi connectivity index (χ2v) is 9.70. The van der Waals surface area contributed by atoms with Crippen LogP contribution in [-0.4, -0.2) is 49.1 Å². The van der Waals surface area contributed by atoms with Crippen LogP contribution < -0.4 is 10.2 Å². The minimum absolute atomic E-state index is 0.0822. The molecule has 4 aromatic heterocycles. The zero-order valence-corrected chi connectivity index (χ0v) is 21.2. The summed E-state index contributed by atoms with van der Waals surface area (Å²) in [5.41, 5.74) is 4.85. The minimum atomic E-state index is -0.438. The van der Waals surface area contributed by atoms with E-state index in [1.165, 1.54) is 6.42 Å². The van der Waals surface area contributed by atoms with Crippen molar-refractivity contribution < 1.29 is 9.18 Å². The Balaban J connectivity index is 1.38. The van der Waals surface area contributed by atoms with Gasteiger partial charge in [-0.1, -0.05) is 13.3 Å². The molecule has 0 aliphatic carbocycles. The Hall–Kier alpha value is -4.34. The predicted molar refractivity (Wildman–Crippen MR) is 146 cm³/mol. The van der Waals surface area contributed by atoms with E-state index >= 15 is 4.39 Å². The van der Waals surface area contributed by atoms with Crippen molar-refractivity contribution in [2.24, 2.45) is 0 Å². The fourth-order valence-electron chi connectivity index (χ4n) is 5.09. The Bertz CT molecular complexity index is 1620. The fourth-order valence-corrected chi connectivity index (χ4v) is 5.09. The number of nitrogens with one attached hydrogen (secondary N) is 3. The highest BCUT2D eigenvalue weighted by Gasteiger charge is 2.22. The smallest absolute Gasteiger partial charge is 0.224 e.